The summed E-state index contributed by atoms with van der Waals surface area (Å²) < 4.78 is 5.78. The number of aliphatic carboxylic acids is 1. The Morgan fingerprint density at radius 3 is 2.68 bits per heavy atom. The van der Waals surface area contributed by atoms with Crippen LogP contribution >= 0.6 is 0 Å². The number of carboxylic acid groups (broad SMARTS) is 1. The Morgan fingerprint density at radius 1 is 1.42 bits per heavy atom. The third-order valence-electron chi connectivity index (χ3n) is 5.08. The van der Waals surface area contributed by atoms with Crippen molar-refractivity contribution in [2.75, 3.05) is 0 Å². The lowest BCUT2D eigenvalue weighted by Crippen LogP contribution is -2.46. The van der Waals surface area contributed by atoms with Gasteiger partial charge in [-0.1, -0.05) is 13.3 Å². The summed E-state index contributed by atoms with van der Waals surface area (Å²) in [5.41, 5.74) is -1.27. The van der Waals surface area contributed by atoms with Gasteiger partial charge in [-0.15, -0.1) is 0 Å². The molecule has 0 amide bonds. The molecule has 3 atom stereocenters. The highest BCUT2D eigenvalue weighted by atomic mass is 16.6. The van der Waals surface area contributed by atoms with E-state index in [9.17, 15) is 14.7 Å². The Balaban J connectivity index is 2.20. The third-order valence-corrected chi connectivity index (χ3v) is 5.08. The van der Waals surface area contributed by atoms with Crippen LogP contribution in [0.25, 0.3) is 0 Å². The summed E-state index contributed by atoms with van der Waals surface area (Å²) in [5, 5.41) is 9.41. The minimum atomic E-state index is -0.813. The van der Waals surface area contributed by atoms with Gasteiger partial charge in [0.1, 0.15) is 5.60 Å². The lowest BCUT2D eigenvalue weighted by Gasteiger charge is -2.38. The maximum absolute atomic E-state index is 12.3. The molecule has 3 unspecified atom stereocenters. The van der Waals surface area contributed by atoms with E-state index in [1.54, 1.807) is 0 Å². The van der Waals surface area contributed by atoms with Crippen molar-refractivity contribution in [3.05, 3.63) is 0 Å². The number of esters is 1. The van der Waals surface area contributed by atoms with Crippen molar-refractivity contribution in [2.45, 2.75) is 64.9 Å². The van der Waals surface area contributed by atoms with Crippen LogP contribution in [-0.4, -0.2) is 22.6 Å². The Hall–Kier alpha value is -1.06. The zero-order valence-corrected chi connectivity index (χ0v) is 12.1. The molecule has 2 saturated carbocycles. The Kier molecular flexibility index (Phi) is 3.63. The molecular formula is C15H24O4. The first-order valence-corrected chi connectivity index (χ1v) is 7.27. The Morgan fingerprint density at radius 2 is 2.11 bits per heavy atom. The average Bonchev–Trinajstić information content (AvgIpc) is 2.60. The van der Waals surface area contributed by atoms with Crippen molar-refractivity contribution >= 4 is 11.9 Å². The quantitative estimate of drug-likeness (QED) is 0.796. The largest absolute Gasteiger partial charge is 0.481 e. The number of carbonyl (C=O) groups is 2. The summed E-state index contributed by atoms with van der Waals surface area (Å²) in [5.74, 6) is -1.17. The molecule has 2 bridgehead atoms. The summed E-state index contributed by atoms with van der Waals surface area (Å²) in [4.78, 5) is 23.8. The molecule has 0 aromatic heterocycles. The van der Waals surface area contributed by atoms with E-state index < -0.39 is 22.9 Å². The number of rotatable bonds is 4. The topological polar surface area (TPSA) is 63.6 Å². The van der Waals surface area contributed by atoms with Crippen LogP contribution in [0.3, 0.4) is 0 Å². The molecule has 4 heteroatoms. The van der Waals surface area contributed by atoms with E-state index in [1.165, 1.54) is 0 Å². The lowest BCUT2D eigenvalue weighted by molar-refractivity contribution is -0.181. The van der Waals surface area contributed by atoms with Crippen molar-refractivity contribution < 1.29 is 19.4 Å². The van der Waals surface area contributed by atoms with E-state index in [0.29, 0.717) is 25.2 Å². The zero-order valence-electron chi connectivity index (χ0n) is 12.1. The van der Waals surface area contributed by atoms with Gasteiger partial charge in [0.2, 0.25) is 0 Å². The minimum absolute atomic E-state index is 0.246. The fourth-order valence-electron chi connectivity index (χ4n) is 3.41. The smallest absolute Gasteiger partial charge is 0.312 e. The highest BCUT2D eigenvalue weighted by Crippen LogP contribution is 2.52. The molecule has 2 aliphatic carbocycles. The van der Waals surface area contributed by atoms with Gasteiger partial charge in [-0.25, -0.2) is 0 Å². The van der Waals surface area contributed by atoms with E-state index >= 15 is 0 Å². The fourth-order valence-corrected chi connectivity index (χ4v) is 3.41. The Labute approximate surface area is 114 Å². The van der Waals surface area contributed by atoms with Gasteiger partial charge in [-0.3, -0.25) is 9.59 Å². The van der Waals surface area contributed by atoms with Crippen molar-refractivity contribution in [1.29, 1.82) is 0 Å². The van der Waals surface area contributed by atoms with E-state index in [1.807, 2.05) is 20.8 Å². The van der Waals surface area contributed by atoms with Gasteiger partial charge in [-0.05, 0) is 51.9 Å². The second-order valence-electron chi connectivity index (χ2n) is 6.78. The molecule has 0 radical (unpaired) electrons. The maximum Gasteiger partial charge on any atom is 0.312 e. The fraction of sp³-hybridized carbons (Fsp3) is 0.867. The first kappa shape index (κ1) is 14.4. The highest BCUT2D eigenvalue weighted by Gasteiger charge is 2.56. The van der Waals surface area contributed by atoms with Crippen LogP contribution < -0.4 is 0 Å². The van der Waals surface area contributed by atoms with Gasteiger partial charge in [0.25, 0.3) is 0 Å². The maximum atomic E-state index is 12.3. The molecule has 108 valence electrons. The minimum Gasteiger partial charge on any atom is -0.481 e. The predicted molar refractivity (Wildman–Crippen MR) is 70.6 cm³/mol. The molecule has 4 nitrogen and oxygen atoms in total. The van der Waals surface area contributed by atoms with Crippen LogP contribution in [0.1, 0.15) is 59.3 Å². The molecular weight excluding hydrogens is 244 g/mol. The van der Waals surface area contributed by atoms with Crippen LogP contribution in [0, 0.1) is 17.3 Å². The molecule has 0 heterocycles. The lowest BCUT2D eigenvalue weighted by atomic mass is 9.81. The SMILES string of the molecule is CCC(C)(C)C(=O)OC12CCCC(CC1C(=O)O)C2. The number of fused-ring (bicyclic) bond motifs is 2. The van der Waals surface area contributed by atoms with Gasteiger partial charge < -0.3 is 9.84 Å². The zero-order chi connectivity index (χ0) is 14.3. The molecule has 0 aromatic carbocycles. The van der Waals surface area contributed by atoms with Gasteiger partial charge in [0, 0.05) is 0 Å². The summed E-state index contributed by atoms with van der Waals surface area (Å²) in [6, 6.07) is 0. The molecule has 2 fully saturated rings. The molecule has 2 rings (SSSR count). The Bertz CT molecular complexity index is 388. The standard InChI is InChI=1S/C15H24O4/c1-4-14(2,3)13(18)19-15-7-5-6-10(9-15)8-11(15)12(16)17/h10-11H,4-9H2,1-3H3,(H,16,17). The second-order valence-corrected chi connectivity index (χ2v) is 6.78. The number of ether oxygens (including phenoxy) is 1. The molecule has 1 N–H and O–H groups in total. The van der Waals surface area contributed by atoms with Crippen molar-refractivity contribution in [3.63, 3.8) is 0 Å². The number of carbonyl (C=O) groups excluding carboxylic acids is 1. The third kappa shape index (κ3) is 2.49. The highest BCUT2D eigenvalue weighted by molar-refractivity contribution is 5.78. The van der Waals surface area contributed by atoms with Gasteiger partial charge in [0.15, 0.2) is 0 Å². The molecule has 0 aromatic rings. The summed E-state index contributed by atoms with van der Waals surface area (Å²) in [7, 11) is 0. The molecule has 0 saturated heterocycles. The van der Waals surface area contributed by atoms with Gasteiger partial charge in [-0.2, -0.15) is 0 Å². The normalized spacial score (nSPS) is 34.1. The van der Waals surface area contributed by atoms with Crippen molar-refractivity contribution in [1.82, 2.24) is 0 Å². The van der Waals surface area contributed by atoms with E-state index in [4.69, 9.17) is 4.74 Å². The van der Waals surface area contributed by atoms with E-state index in [2.05, 4.69) is 0 Å². The summed E-state index contributed by atoms with van der Waals surface area (Å²) >= 11 is 0. The van der Waals surface area contributed by atoms with Crippen molar-refractivity contribution in [3.8, 4) is 0 Å². The second kappa shape index (κ2) is 4.80. The molecule has 2 aliphatic rings. The number of hydrogen-bond donors (Lipinski definition) is 1. The monoisotopic (exact) mass is 268 g/mol. The summed E-state index contributed by atoms with van der Waals surface area (Å²) in [6.45, 7) is 5.67. The van der Waals surface area contributed by atoms with Crippen molar-refractivity contribution in [2.24, 2.45) is 17.3 Å². The first-order valence-electron chi connectivity index (χ1n) is 7.27. The summed E-state index contributed by atoms with van der Waals surface area (Å²) in [6.07, 6.45) is 4.83. The molecule has 19 heavy (non-hydrogen) atoms. The van der Waals surface area contributed by atoms with Crippen LogP contribution in [0.2, 0.25) is 0 Å². The van der Waals surface area contributed by atoms with E-state index in [0.717, 1.165) is 19.3 Å². The van der Waals surface area contributed by atoms with E-state index in [-0.39, 0.29) is 5.97 Å². The number of hydrogen-bond acceptors (Lipinski definition) is 3. The van der Waals surface area contributed by atoms with Crippen LogP contribution in [0.5, 0.6) is 0 Å². The average molecular weight is 268 g/mol. The van der Waals surface area contributed by atoms with Crippen LogP contribution in [0.15, 0.2) is 0 Å². The molecule has 0 spiro atoms. The molecule has 0 aliphatic heterocycles. The van der Waals surface area contributed by atoms with Gasteiger partial charge >= 0.3 is 11.9 Å². The first-order chi connectivity index (χ1) is 8.81. The predicted octanol–water partition coefficient (Wildman–Crippen LogP) is 3.00. The van der Waals surface area contributed by atoms with Gasteiger partial charge in [0.05, 0.1) is 11.3 Å². The number of carboxylic acids is 1. The van der Waals surface area contributed by atoms with Crippen LogP contribution in [0.4, 0.5) is 0 Å². The van der Waals surface area contributed by atoms with Crippen LogP contribution in [-0.2, 0) is 14.3 Å².